The predicted octanol–water partition coefficient (Wildman–Crippen LogP) is 2.60. The summed E-state index contributed by atoms with van der Waals surface area (Å²) in [5.41, 5.74) is 2.88. The van der Waals surface area contributed by atoms with E-state index in [1.807, 2.05) is 18.2 Å². The molecule has 0 saturated carbocycles. The quantitative estimate of drug-likeness (QED) is 0.720. The molecule has 3 aromatic rings. The number of amides is 2. The molecule has 8 nitrogen and oxygen atoms in total. The van der Waals surface area contributed by atoms with Crippen LogP contribution in [0.2, 0.25) is 0 Å². The summed E-state index contributed by atoms with van der Waals surface area (Å²) in [7, 11) is 1.51. The van der Waals surface area contributed by atoms with Gasteiger partial charge in [-0.15, -0.1) is 0 Å². The Balaban J connectivity index is 1.50. The summed E-state index contributed by atoms with van der Waals surface area (Å²) < 4.78 is 10.7. The van der Waals surface area contributed by atoms with Crippen molar-refractivity contribution < 1.29 is 23.8 Å². The third-order valence-corrected chi connectivity index (χ3v) is 4.96. The molecule has 0 unspecified atom stereocenters. The number of hydrogen-bond acceptors (Lipinski definition) is 5. The number of rotatable bonds is 4. The van der Waals surface area contributed by atoms with Crippen LogP contribution in [0.1, 0.15) is 10.4 Å². The molecule has 2 N–H and O–H groups in total. The van der Waals surface area contributed by atoms with Crippen LogP contribution in [0.15, 0.2) is 53.3 Å². The molecular weight excluding hydrogens is 362 g/mol. The molecular formula is C20H19N3O5. The largest absolute Gasteiger partial charge is 0.465 e. The van der Waals surface area contributed by atoms with Crippen molar-refractivity contribution in [1.29, 1.82) is 0 Å². The lowest BCUT2D eigenvalue weighted by Crippen LogP contribution is -2.43. The van der Waals surface area contributed by atoms with Crippen LogP contribution < -0.4 is 5.32 Å². The van der Waals surface area contributed by atoms with Gasteiger partial charge in [-0.25, -0.2) is 4.79 Å². The molecule has 28 heavy (non-hydrogen) atoms. The van der Waals surface area contributed by atoms with E-state index >= 15 is 0 Å². The standard InChI is InChI=1S/C20H19N3O5/c1-27-17-11-23(20(25)26)10-15(17)22-19(24)13-4-2-12(3-5-13)18-14-7-9-28-16(14)6-8-21-18/h2-9,15,17H,10-11H2,1H3,(H,22,24)(H,25,26)/t15-,17-/m1/s1. The van der Waals surface area contributed by atoms with Gasteiger partial charge in [0, 0.05) is 36.4 Å². The number of benzene rings is 1. The summed E-state index contributed by atoms with van der Waals surface area (Å²) >= 11 is 0. The van der Waals surface area contributed by atoms with Gasteiger partial charge in [0.25, 0.3) is 5.91 Å². The Morgan fingerprint density at radius 2 is 2.00 bits per heavy atom. The fourth-order valence-electron chi connectivity index (χ4n) is 3.46. The van der Waals surface area contributed by atoms with Gasteiger partial charge in [0.05, 0.1) is 30.6 Å². The van der Waals surface area contributed by atoms with E-state index in [1.54, 1.807) is 30.7 Å². The Kier molecular flexibility index (Phi) is 4.70. The minimum Gasteiger partial charge on any atom is -0.465 e. The summed E-state index contributed by atoms with van der Waals surface area (Å²) in [6, 6.07) is 10.4. The number of pyridine rings is 1. The molecule has 8 heteroatoms. The molecule has 0 radical (unpaired) electrons. The van der Waals surface area contributed by atoms with Gasteiger partial charge >= 0.3 is 6.09 Å². The number of ether oxygens (including phenoxy) is 1. The number of carbonyl (C=O) groups is 2. The van der Waals surface area contributed by atoms with E-state index in [9.17, 15) is 9.59 Å². The van der Waals surface area contributed by atoms with Crippen molar-refractivity contribution in [2.45, 2.75) is 12.1 Å². The molecule has 1 fully saturated rings. The maximum Gasteiger partial charge on any atom is 0.407 e. The molecule has 2 amide bonds. The zero-order valence-corrected chi connectivity index (χ0v) is 15.2. The predicted molar refractivity (Wildman–Crippen MR) is 101 cm³/mol. The van der Waals surface area contributed by atoms with Crippen molar-refractivity contribution in [3.05, 3.63) is 54.4 Å². The Hall–Kier alpha value is -3.39. The van der Waals surface area contributed by atoms with Crippen LogP contribution in [0.5, 0.6) is 0 Å². The number of carbonyl (C=O) groups excluding carboxylic acids is 1. The van der Waals surface area contributed by atoms with E-state index < -0.39 is 12.1 Å². The van der Waals surface area contributed by atoms with Gasteiger partial charge in [0.2, 0.25) is 0 Å². The highest BCUT2D eigenvalue weighted by atomic mass is 16.5. The minimum atomic E-state index is -1.02. The van der Waals surface area contributed by atoms with Crippen LogP contribution in [0.25, 0.3) is 22.2 Å². The first-order valence-electron chi connectivity index (χ1n) is 8.81. The van der Waals surface area contributed by atoms with Crippen molar-refractivity contribution >= 4 is 23.0 Å². The molecule has 1 aliphatic rings. The normalized spacial score (nSPS) is 19.1. The van der Waals surface area contributed by atoms with Gasteiger partial charge in [-0.05, 0) is 24.3 Å². The maximum atomic E-state index is 12.6. The second kappa shape index (κ2) is 7.32. The highest BCUT2D eigenvalue weighted by molar-refractivity contribution is 5.96. The molecule has 0 bridgehead atoms. The third-order valence-electron chi connectivity index (χ3n) is 4.96. The number of aromatic nitrogens is 1. The molecule has 0 spiro atoms. The number of nitrogens with zero attached hydrogens (tertiary/aromatic N) is 2. The van der Waals surface area contributed by atoms with E-state index in [2.05, 4.69) is 10.3 Å². The molecule has 0 aliphatic carbocycles. The SMILES string of the molecule is CO[C@@H]1CN(C(=O)O)C[C@H]1NC(=O)c1ccc(-c2nccc3occc23)cc1. The lowest BCUT2D eigenvalue weighted by atomic mass is 10.1. The van der Waals surface area contributed by atoms with Crippen LogP contribution in [0.4, 0.5) is 4.79 Å². The highest BCUT2D eigenvalue weighted by Gasteiger charge is 2.36. The number of likely N-dealkylation sites (tertiary alicyclic amines) is 1. The highest BCUT2D eigenvalue weighted by Crippen LogP contribution is 2.27. The lowest BCUT2D eigenvalue weighted by molar-refractivity contribution is 0.0759. The van der Waals surface area contributed by atoms with Crippen LogP contribution in [0, 0.1) is 0 Å². The molecule has 2 aromatic heterocycles. The zero-order valence-electron chi connectivity index (χ0n) is 15.2. The number of methoxy groups -OCH3 is 1. The number of fused-ring (bicyclic) bond motifs is 1. The van der Waals surface area contributed by atoms with Crippen LogP contribution in [0.3, 0.4) is 0 Å². The Morgan fingerprint density at radius 3 is 2.71 bits per heavy atom. The minimum absolute atomic E-state index is 0.198. The Morgan fingerprint density at radius 1 is 1.21 bits per heavy atom. The average Bonchev–Trinajstić information content (AvgIpc) is 3.34. The van der Waals surface area contributed by atoms with Gasteiger partial charge in [0.1, 0.15) is 5.58 Å². The maximum absolute atomic E-state index is 12.6. The number of carboxylic acid groups (broad SMARTS) is 1. The molecule has 1 aromatic carbocycles. The van der Waals surface area contributed by atoms with Crippen LogP contribution in [-0.2, 0) is 4.74 Å². The smallest absolute Gasteiger partial charge is 0.407 e. The number of nitrogens with one attached hydrogen (secondary N) is 1. The third kappa shape index (κ3) is 3.29. The lowest BCUT2D eigenvalue weighted by Gasteiger charge is -2.18. The summed E-state index contributed by atoms with van der Waals surface area (Å²) in [4.78, 5) is 29.4. The van der Waals surface area contributed by atoms with E-state index in [-0.39, 0.29) is 25.1 Å². The van der Waals surface area contributed by atoms with Gasteiger partial charge in [-0.3, -0.25) is 9.78 Å². The second-order valence-electron chi connectivity index (χ2n) is 6.61. The summed E-state index contributed by atoms with van der Waals surface area (Å²) in [6.07, 6.45) is 1.90. The monoisotopic (exact) mass is 381 g/mol. The number of hydrogen-bond donors (Lipinski definition) is 2. The Bertz CT molecular complexity index is 1010. The molecule has 4 rings (SSSR count). The molecule has 1 saturated heterocycles. The second-order valence-corrected chi connectivity index (χ2v) is 6.61. The van der Waals surface area contributed by atoms with Crippen LogP contribution in [-0.4, -0.2) is 59.3 Å². The first-order valence-corrected chi connectivity index (χ1v) is 8.81. The summed E-state index contributed by atoms with van der Waals surface area (Å²) in [5, 5.41) is 12.9. The fourth-order valence-corrected chi connectivity index (χ4v) is 3.46. The van der Waals surface area contributed by atoms with E-state index in [4.69, 9.17) is 14.3 Å². The van der Waals surface area contributed by atoms with Crippen molar-refractivity contribution in [1.82, 2.24) is 15.2 Å². The Labute approximate surface area is 160 Å². The average molecular weight is 381 g/mol. The zero-order chi connectivity index (χ0) is 19.7. The molecule has 144 valence electrons. The van der Waals surface area contributed by atoms with Crippen molar-refractivity contribution in [3.8, 4) is 11.3 Å². The number of furan rings is 1. The first kappa shape index (κ1) is 18.0. The first-order chi connectivity index (χ1) is 13.6. The van der Waals surface area contributed by atoms with E-state index in [0.717, 1.165) is 22.2 Å². The van der Waals surface area contributed by atoms with E-state index in [0.29, 0.717) is 5.56 Å². The summed E-state index contributed by atoms with van der Waals surface area (Å²) in [5.74, 6) is -0.277. The molecule has 2 atom stereocenters. The van der Waals surface area contributed by atoms with Gasteiger partial charge in [0.15, 0.2) is 0 Å². The van der Waals surface area contributed by atoms with Crippen molar-refractivity contribution in [3.63, 3.8) is 0 Å². The summed E-state index contributed by atoms with van der Waals surface area (Å²) in [6.45, 7) is 0.431. The topological polar surface area (TPSA) is 105 Å². The van der Waals surface area contributed by atoms with Crippen molar-refractivity contribution in [2.75, 3.05) is 20.2 Å². The van der Waals surface area contributed by atoms with Gasteiger partial charge in [-0.2, -0.15) is 0 Å². The molecule has 1 aliphatic heterocycles. The fraction of sp³-hybridized carbons (Fsp3) is 0.250. The van der Waals surface area contributed by atoms with E-state index in [1.165, 1.54) is 12.0 Å². The van der Waals surface area contributed by atoms with Gasteiger partial charge in [-0.1, -0.05) is 12.1 Å². The molecule has 3 heterocycles. The van der Waals surface area contributed by atoms with Gasteiger partial charge < -0.3 is 24.5 Å². The van der Waals surface area contributed by atoms with Crippen LogP contribution >= 0.6 is 0 Å². The van der Waals surface area contributed by atoms with Crippen molar-refractivity contribution in [2.24, 2.45) is 0 Å².